The molecule has 286 valence electrons. The minimum atomic E-state index is 0.721. The molecule has 0 unspecified atom stereocenters. The summed E-state index contributed by atoms with van der Waals surface area (Å²) in [6.07, 6.45) is 0. The van der Waals surface area contributed by atoms with Crippen molar-refractivity contribution in [3.63, 3.8) is 0 Å². The second-order valence-electron chi connectivity index (χ2n) is 15.4. The third-order valence-electron chi connectivity index (χ3n) is 11.5. The highest BCUT2D eigenvalue weighted by atomic mass is 32.1. The van der Waals surface area contributed by atoms with Gasteiger partial charge in [-0.25, -0.2) is 9.97 Å². The topological polar surface area (TPSA) is 25.8 Å². The lowest BCUT2D eigenvalue weighted by atomic mass is 9.92. The normalized spacial score (nSPS) is 11.3. The molecule has 0 saturated heterocycles. The van der Waals surface area contributed by atoms with Crippen molar-refractivity contribution in [1.82, 2.24) is 9.97 Å². The summed E-state index contributed by atoms with van der Waals surface area (Å²) in [6, 6.07) is 82.4. The quantitative estimate of drug-likeness (QED) is 0.153. The molecule has 2 heterocycles. The zero-order chi connectivity index (χ0) is 40.5. The van der Waals surface area contributed by atoms with Gasteiger partial charge < -0.3 is 0 Å². The molecule has 0 aliphatic rings. The Labute approximate surface area is 359 Å². The third-order valence-corrected chi connectivity index (χ3v) is 12.6. The Morgan fingerprint density at radius 2 is 0.623 bits per heavy atom. The molecule has 0 amide bonds. The van der Waals surface area contributed by atoms with Crippen LogP contribution in [0.5, 0.6) is 0 Å². The molecule has 11 aromatic rings. The monoisotopic (exact) mass is 794 g/mol. The Morgan fingerprint density at radius 1 is 0.262 bits per heavy atom. The first-order valence-electron chi connectivity index (χ1n) is 20.6. The van der Waals surface area contributed by atoms with Gasteiger partial charge in [-0.1, -0.05) is 188 Å². The summed E-state index contributed by atoms with van der Waals surface area (Å²) in [5.41, 5.74) is 18.2. The van der Waals surface area contributed by atoms with Crippen LogP contribution in [-0.2, 0) is 0 Å². The first kappa shape index (κ1) is 36.4. The highest BCUT2D eigenvalue weighted by Gasteiger charge is 2.18. The SMILES string of the molecule is c1ccc(-c2cc(-c3ccccc3)cc(-c3cccc(-c4ccc(-c5cccc(-c6nc(-c7cccc(-c8ccccc8)c7)c7sc8ccccc8c7n6)c5)cc4)c3)c2)cc1. The number of rotatable bonds is 8. The van der Waals surface area contributed by atoms with Crippen molar-refractivity contribution >= 4 is 31.6 Å². The van der Waals surface area contributed by atoms with Crippen LogP contribution in [0.3, 0.4) is 0 Å². The van der Waals surface area contributed by atoms with Crippen LogP contribution in [0.15, 0.2) is 231 Å². The van der Waals surface area contributed by atoms with E-state index in [0.29, 0.717) is 0 Å². The molecular weight excluding hydrogens is 757 g/mol. The fourth-order valence-electron chi connectivity index (χ4n) is 8.35. The van der Waals surface area contributed by atoms with E-state index in [-0.39, 0.29) is 0 Å². The van der Waals surface area contributed by atoms with Crippen LogP contribution in [0.2, 0.25) is 0 Å². The Bertz CT molecular complexity index is 3280. The van der Waals surface area contributed by atoms with E-state index < -0.39 is 0 Å². The highest BCUT2D eigenvalue weighted by molar-refractivity contribution is 7.26. The van der Waals surface area contributed by atoms with E-state index in [4.69, 9.17) is 9.97 Å². The van der Waals surface area contributed by atoms with Gasteiger partial charge in [0, 0.05) is 21.2 Å². The number of nitrogens with zero attached hydrogens (tertiary/aromatic N) is 2. The molecular formula is C58H38N2S. The lowest BCUT2D eigenvalue weighted by Crippen LogP contribution is -1.94. The Balaban J connectivity index is 0.937. The van der Waals surface area contributed by atoms with E-state index >= 15 is 0 Å². The van der Waals surface area contributed by atoms with Crippen LogP contribution >= 0.6 is 11.3 Å². The largest absolute Gasteiger partial charge is 0.226 e. The van der Waals surface area contributed by atoms with Crippen LogP contribution in [0.4, 0.5) is 0 Å². The molecule has 2 nitrogen and oxygen atoms in total. The van der Waals surface area contributed by atoms with Gasteiger partial charge in [-0.2, -0.15) is 0 Å². The maximum Gasteiger partial charge on any atom is 0.160 e. The van der Waals surface area contributed by atoms with E-state index in [2.05, 4.69) is 231 Å². The summed E-state index contributed by atoms with van der Waals surface area (Å²) in [4.78, 5) is 10.6. The minimum absolute atomic E-state index is 0.721. The second kappa shape index (κ2) is 15.8. The highest BCUT2D eigenvalue weighted by Crippen LogP contribution is 2.41. The summed E-state index contributed by atoms with van der Waals surface area (Å²) in [5.74, 6) is 0.721. The van der Waals surface area contributed by atoms with Gasteiger partial charge in [0.05, 0.1) is 15.9 Å². The van der Waals surface area contributed by atoms with Gasteiger partial charge in [0.25, 0.3) is 0 Å². The maximum absolute atomic E-state index is 5.34. The van der Waals surface area contributed by atoms with Gasteiger partial charge in [-0.05, 0) is 109 Å². The molecule has 0 aliphatic heterocycles. The molecule has 61 heavy (non-hydrogen) atoms. The van der Waals surface area contributed by atoms with Gasteiger partial charge in [0.2, 0.25) is 0 Å². The fraction of sp³-hybridized carbons (Fsp3) is 0. The molecule has 0 fully saturated rings. The summed E-state index contributed by atoms with van der Waals surface area (Å²) < 4.78 is 2.31. The summed E-state index contributed by atoms with van der Waals surface area (Å²) in [6.45, 7) is 0. The summed E-state index contributed by atoms with van der Waals surface area (Å²) in [7, 11) is 0. The molecule has 0 aliphatic carbocycles. The maximum atomic E-state index is 5.34. The zero-order valence-corrected chi connectivity index (χ0v) is 34.1. The van der Waals surface area contributed by atoms with Crippen molar-refractivity contribution < 1.29 is 0 Å². The van der Waals surface area contributed by atoms with Crippen LogP contribution < -0.4 is 0 Å². The Morgan fingerprint density at radius 3 is 1.18 bits per heavy atom. The summed E-state index contributed by atoms with van der Waals surface area (Å²) >= 11 is 1.76. The predicted octanol–water partition coefficient (Wildman–Crippen LogP) is 16.2. The van der Waals surface area contributed by atoms with Crippen LogP contribution in [0.25, 0.3) is 110 Å². The Hall–Kier alpha value is -7.72. The van der Waals surface area contributed by atoms with E-state index in [1.165, 1.54) is 60.3 Å². The molecule has 3 heteroatoms. The van der Waals surface area contributed by atoms with Gasteiger partial charge in [0.15, 0.2) is 5.82 Å². The van der Waals surface area contributed by atoms with Crippen molar-refractivity contribution in [1.29, 1.82) is 0 Å². The number of thiophene rings is 1. The van der Waals surface area contributed by atoms with E-state index in [0.717, 1.165) is 49.4 Å². The average molecular weight is 795 g/mol. The molecule has 0 atom stereocenters. The zero-order valence-electron chi connectivity index (χ0n) is 33.2. The van der Waals surface area contributed by atoms with E-state index in [1.807, 2.05) is 0 Å². The van der Waals surface area contributed by atoms with Gasteiger partial charge in [-0.15, -0.1) is 11.3 Å². The van der Waals surface area contributed by atoms with Crippen molar-refractivity contribution in [3.05, 3.63) is 231 Å². The molecule has 0 spiro atoms. The van der Waals surface area contributed by atoms with Crippen LogP contribution in [-0.4, -0.2) is 9.97 Å². The lowest BCUT2D eigenvalue weighted by molar-refractivity contribution is 1.24. The number of hydrogen-bond donors (Lipinski definition) is 0. The number of benzene rings is 9. The average Bonchev–Trinajstić information content (AvgIpc) is 3.73. The third kappa shape index (κ3) is 7.22. The van der Waals surface area contributed by atoms with Crippen molar-refractivity contribution in [2.45, 2.75) is 0 Å². The number of hydrogen-bond acceptors (Lipinski definition) is 3. The smallest absolute Gasteiger partial charge is 0.160 e. The summed E-state index contributed by atoms with van der Waals surface area (Å²) in [5, 5.41) is 1.16. The van der Waals surface area contributed by atoms with Gasteiger partial charge in [0.1, 0.15) is 0 Å². The molecule has 0 saturated carbocycles. The van der Waals surface area contributed by atoms with Crippen LogP contribution in [0, 0.1) is 0 Å². The molecule has 0 N–H and O–H groups in total. The standard InChI is InChI=1S/C58H38N2S/c1-4-15-39(16-5-1)45-22-13-25-48(34-45)55-57-56(53-27-10-11-28-54(53)61-57)60-58(59-55)49-26-14-23-46(35-49)43-31-29-42(30-32-43)44-21-12-24-47(33-44)52-37-50(40-17-6-2-7-18-40)36-51(38-52)41-19-8-3-9-20-41/h1-38H. The number of aromatic nitrogens is 2. The lowest BCUT2D eigenvalue weighted by Gasteiger charge is -2.13. The number of fused-ring (bicyclic) bond motifs is 3. The van der Waals surface area contributed by atoms with Crippen molar-refractivity contribution in [2.75, 3.05) is 0 Å². The first-order valence-corrected chi connectivity index (χ1v) is 21.4. The van der Waals surface area contributed by atoms with Gasteiger partial charge in [-0.3, -0.25) is 0 Å². The predicted molar refractivity (Wildman–Crippen MR) is 258 cm³/mol. The minimum Gasteiger partial charge on any atom is -0.226 e. The fourth-order valence-corrected chi connectivity index (χ4v) is 9.51. The van der Waals surface area contributed by atoms with Crippen LogP contribution in [0.1, 0.15) is 0 Å². The molecule has 0 bridgehead atoms. The van der Waals surface area contributed by atoms with Crippen molar-refractivity contribution in [2.24, 2.45) is 0 Å². The van der Waals surface area contributed by atoms with E-state index in [1.54, 1.807) is 11.3 Å². The van der Waals surface area contributed by atoms with Gasteiger partial charge >= 0.3 is 0 Å². The molecule has 2 aromatic heterocycles. The van der Waals surface area contributed by atoms with E-state index in [9.17, 15) is 0 Å². The first-order chi connectivity index (χ1) is 30.2. The molecule has 11 rings (SSSR count). The second-order valence-corrected chi connectivity index (χ2v) is 16.4. The Kier molecular flexibility index (Phi) is 9.42. The molecule has 9 aromatic carbocycles. The molecule has 0 radical (unpaired) electrons. The van der Waals surface area contributed by atoms with Crippen molar-refractivity contribution in [3.8, 4) is 89.4 Å².